The van der Waals surface area contributed by atoms with Crippen LogP contribution < -0.4 is 0 Å². The van der Waals surface area contributed by atoms with Gasteiger partial charge in [0.2, 0.25) is 0 Å². The van der Waals surface area contributed by atoms with Crippen LogP contribution in [0.5, 0.6) is 0 Å². The molecule has 3 aromatic heterocycles. The van der Waals surface area contributed by atoms with Crippen molar-refractivity contribution in [3.05, 3.63) is 46.7 Å². The smallest absolute Gasteiger partial charge is 0.179 e. The Morgan fingerprint density at radius 1 is 1.11 bits per heavy atom. The van der Waals surface area contributed by atoms with Crippen LogP contribution in [0.15, 0.2) is 30.7 Å². The fourth-order valence-corrected chi connectivity index (χ4v) is 1.81. The average molecular weight is 283 g/mol. The zero-order valence-electron chi connectivity index (χ0n) is 8.81. The van der Waals surface area contributed by atoms with Gasteiger partial charge in [0.1, 0.15) is 17.2 Å². The molecule has 0 atom stereocenters. The van der Waals surface area contributed by atoms with Crippen LogP contribution in [0.1, 0.15) is 0 Å². The molecule has 0 saturated heterocycles. The minimum Gasteiger partial charge on any atom is -0.294 e. The highest BCUT2D eigenvalue weighted by Gasteiger charge is 2.11. The quantitative estimate of drug-likeness (QED) is 0.644. The van der Waals surface area contributed by atoms with Crippen molar-refractivity contribution in [2.24, 2.45) is 0 Å². The lowest BCUT2D eigenvalue weighted by Crippen LogP contribution is -1.95. The summed E-state index contributed by atoms with van der Waals surface area (Å²) < 4.78 is 14.8. The first-order valence-electron chi connectivity index (χ1n) is 4.96. The second-order valence-corrected chi connectivity index (χ2v) is 4.32. The maximum absolute atomic E-state index is 13.2. The minimum absolute atomic E-state index is 0.146. The summed E-state index contributed by atoms with van der Waals surface area (Å²) in [6.45, 7) is 0. The van der Waals surface area contributed by atoms with E-state index in [1.807, 2.05) is 0 Å². The maximum atomic E-state index is 13.2. The van der Waals surface area contributed by atoms with E-state index in [0.717, 1.165) is 0 Å². The molecule has 0 aromatic carbocycles. The molecule has 90 valence electrons. The zero-order chi connectivity index (χ0) is 12.7. The topological polar surface area (TPSA) is 43.1 Å². The van der Waals surface area contributed by atoms with Gasteiger partial charge in [0, 0.05) is 6.20 Å². The summed E-state index contributed by atoms with van der Waals surface area (Å²) in [4.78, 5) is 12.2. The van der Waals surface area contributed by atoms with Gasteiger partial charge in [0.15, 0.2) is 11.0 Å². The number of halogens is 3. The first kappa shape index (κ1) is 11.4. The molecule has 4 nitrogen and oxygen atoms in total. The van der Waals surface area contributed by atoms with E-state index in [9.17, 15) is 4.39 Å². The number of pyridine rings is 1. The Bertz CT molecular complexity index is 741. The van der Waals surface area contributed by atoms with Crippen LogP contribution in [-0.2, 0) is 0 Å². The normalized spacial score (nSPS) is 11.1. The standard InChI is InChI=1S/C11H5Cl2FN4/c12-7-3-16-11(17-10(7)13)8-4-15-9-2-1-6(14)5-18(8)9/h1-5H. The van der Waals surface area contributed by atoms with Crippen molar-refractivity contribution in [1.82, 2.24) is 19.4 Å². The summed E-state index contributed by atoms with van der Waals surface area (Å²) in [5, 5.41) is 0.411. The van der Waals surface area contributed by atoms with Crippen molar-refractivity contribution in [3.8, 4) is 11.5 Å². The summed E-state index contributed by atoms with van der Waals surface area (Å²) in [7, 11) is 0. The number of rotatable bonds is 1. The van der Waals surface area contributed by atoms with Crippen LogP contribution in [-0.4, -0.2) is 19.4 Å². The summed E-state index contributed by atoms with van der Waals surface area (Å²) in [5.41, 5.74) is 1.14. The maximum Gasteiger partial charge on any atom is 0.179 e. The van der Waals surface area contributed by atoms with Gasteiger partial charge in [-0.25, -0.2) is 19.3 Å². The van der Waals surface area contributed by atoms with E-state index in [1.54, 1.807) is 16.7 Å². The number of fused-ring (bicyclic) bond motifs is 1. The molecule has 3 aromatic rings. The van der Waals surface area contributed by atoms with Crippen molar-refractivity contribution < 1.29 is 4.39 Å². The highest BCUT2D eigenvalue weighted by Crippen LogP contribution is 2.23. The van der Waals surface area contributed by atoms with Crippen molar-refractivity contribution in [1.29, 1.82) is 0 Å². The van der Waals surface area contributed by atoms with Crippen LogP contribution in [0, 0.1) is 5.82 Å². The fourth-order valence-electron chi connectivity index (χ4n) is 1.59. The van der Waals surface area contributed by atoms with Gasteiger partial charge in [-0.15, -0.1) is 0 Å². The van der Waals surface area contributed by atoms with E-state index >= 15 is 0 Å². The van der Waals surface area contributed by atoms with Crippen LogP contribution >= 0.6 is 23.2 Å². The molecule has 3 heterocycles. The Balaban J connectivity index is 2.24. The summed E-state index contributed by atoms with van der Waals surface area (Å²) in [5.74, 6) is -0.0377. The molecule has 0 fully saturated rings. The molecule has 0 N–H and O–H groups in total. The number of hydrogen-bond donors (Lipinski definition) is 0. The highest BCUT2D eigenvalue weighted by molar-refractivity contribution is 6.41. The Kier molecular flexibility index (Phi) is 2.65. The molecule has 0 aliphatic rings. The van der Waals surface area contributed by atoms with Gasteiger partial charge < -0.3 is 0 Å². The van der Waals surface area contributed by atoms with Gasteiger partial charge in [0.05, 0.1) is 17.4 Å². The third-order valence-corrected chi connectivity index (χ3v) is 3.06. The van der Waals surface area contributed by atoms with Gasteiger partial charge in [0.25, 0.3) is 0 Å². The molecular weight excluding hydrogens is 278 g/mol. The molecule has 0 saturated carbocycles. The molecular formula is C11H5Cl2FN4. The van der Waals surface area contributed by atoms with E-state index in [-0.39, 0.29) is 16.0 Å². The SMILES string of the molecule is Fc1ccc2ncc(-c3ncc(Cl)c(Cl)n3)n2c1. The summed E-state index contributed by atoms with van der Waals surface area (Å²) in [6, 6.07) is 2.90. The van der Waals surface area contributed by atoms with E-state index < -0.39 is 0 Å². The van der Waals surface area contributed by atoms with Crippen molar-refractivity contribution in [3.63, 3.8) is 0 Å². The second kappa shape index (κ2) is 4.19. The molecule has 7 heteroatoms. The predicted octanol–water partition coefficient (Wildman–Crippen LogP) is 3.24. The monoisotopic (exact) mass is 282 g/mol. The minimum atomic E-state index is -0.373. The third kappa shape index (κ3) is 1.81. The average Bonchev–Trinajstić information content (AvgIpc) is 2.75. The summed E-state index contributed by atoms with van der Waals surface area (Å²) in [6.07, 6.45) is 4.25. The van der Waals surface area contributed by atoms with E-state index in [4.69, 9.17) is 23.2 Å². The zero-order valence-corrected chi connectivity index (χ0v) is 10.3. The fraction of sp³-hybridized carbons (Fsp3) is 0. The van der Waals surface area contributed by atoms with Gasteiger partial charge in [-0.1, -0.05) is 23.2 Å². The first-order valence-corrected chi connectivity index (χ1v) is 5.72. The van der Waals surface area contributed by atoms with Gasteiger partial charge in [-0.2, -0.15) is 0 Å². The predicted molar refractivity (Wildman–Crippen MR) is 66.2 cm³/mol. The largest absolute Gasteiger partial charge is 0.294 e. The Hall–Kier alpha value is -1.72. The molecule has 3 rings (SSSR count). The lowest BCUT2D eigenvalue weighted by Gasteiger charge is -2.01. The van der Waals surface area contributed by atoms with Crippen LogP contribution in [0.25, 0.3) is 17.2 Å². The van der Waals surface area contributed by atoms with E-state index in [2.05, 4.69) is 15.0 Å². The molecule has 18 heavy (non-hydrogen) atoms. The highest BCUT2D eigenvalue weighted by atomic mass is 35.5. The van der Waals surface area contributed by atoms with E-state index in [0.29, 0.717) is 17.2 Å². The first-order chi connectivity index (χ1) is 8.65. The molecule has 0 unspecified atom stereocenters. The Morgan fingerprint density at radius 2 is 1.94 bits per heavy atom. The van der Waals surface area contributed by atoms with E-state index in [1.165, 1.54) is 18.5 Å². The number of aromatic nitrogens is 4. The van der Waals surface area contributed by atoms with Crippen molar-refractivity contribution >= 4 is 28.8 Å². The van der Waals surface area contributed by atoms with Crippen molar-refractivity contribution in [2.45, 2.75) is 0 Å². The molecule has 0 amide bonds. The third-order valence-electron chi connectivity index (χ3n) is 2.40. The molecule has 0 aliphatic carbocycles. The van der Waals surface area contributed by atoms with Gasteiger partial charge in [-0.05, 0) is 12.1 Å². The molecule has 0 radical (unpaired) electrons. The van der Waals surface area contributed by atoms with Crippen LogP contribution in [0.2, 0.25) is 10.2 Å². The van der Waals surface area contributed by atoms with Crippen LogP contribution in [0.4, 0.5) is 4.39 Å². The van der Waals surface area contributed by atoms with Gasteiger partial charge >= 0.3 is 0 Å². The second-order valence-electron chi connectivity index (χ2n) is 3.55. The Labute approximate surface area is 111 Å². The molecule has 0 spiro atoms. The lowest BCUT2D eigenvalue weighted by atomic mass is 10.4. The van der Waals surface area contributed by atoms with Gasteiger partial charge in [-0.3, -0.25) is 4.40 Å². The number of imidazole rings is 1. The molecule has 0 bridgehead atoms. The molecule has 0 aliphatic heterocycles. The van der Waals surface area contributed by atoms with Crippen molar-refractivity contribution in [2.75, 3.05) is 0 Å². The van der Waals surface area contributed by atoms with Crippen LogP contribution in [0.3, 0.4) is 0 Å². The summed E-state index contributed by atoms with van der Waals surface area (Å²) >= 11 is 11.6. The number of nitrogens with zero attached hydrogens (tertiary/aromatic N) is 4. The number of hydrogen-bond acceptors (Lipinski definition) is 3. The lowest BCUT2D eigenvalue weighted by molar-refractivity contribution is 0.619. The Morgan fingerprint density at radius 3 is 2.72 bits per heavy atom.